The molecule has 4 rings (SSSR count). The minimum absolute atomic E-state index is 0.393. The zero-order valence-electron chi connectivity index (χ0n) is 18.4. The molecule has 0 bridgehead atoms. The van der Waals surface area contributed by atoms with Gasteiger partial charge in [-0.3, -0.25) is 0 Å². The van der Waals surface area contributed by atoms with E-state index in [0.717, 1.165) is 35.4 Å². The lowest BCUT2D eigenvalue weighted by atomic mass is 9.82. The molecule has 3 heterocycles. The monoisotopic (exact) mass is 407 g/mol. The zero-order chi connectivity index (χ0) is 20.9. The lowest BCUT2D eigenvalue weighted by Crippen LogP contribution is -2.37. The second-order valence-corrected chi connectivity index (χ2v) is 9.73. The molecule has 0 atom stereocenters. The van der Waals surface area contributed by atoms with Gasteiger partial charge in [0.1, 0.15) is 11.0 Å². The predicted octanol–water partition coefficient (Wildman–Crippen LogP) is 6.81. The van der Waals surface area contributed by atoms with E-state index in [1.54, 1.807) is 0 Å². The van der Waals surface area contributed by atoms with Crippen molar-refractivity contribution in [2.45, 2.75) is 54.4 Å². The highest BCUT2D eigenvalue weighted by molar-refractivity contribution is 6.30. The number of nitrogens with zero attached hydrogens (tertiary/aromatic N) is 3. The van der Waals surface area contributed by atoms with Crippen LogP contribution in [0.5, 0.6) is 0 Å². The maximum Gasteiger partial charge on any atom is 0.137 e. The van der Waals surface area contributed by atoms with Gasteiger partial charge in [-0.25, -0.2) is 9.97 Å². The summed E-state index contributed by atoms with van der Waals surface area (Å²) in [6.45, 7) is 15.5. The van der Waals surface area contributed by atoms with Crippen molar-refractivity contribution in [1.82, 2.24) is 9.97 Å². The largest absolute Gasteiger partial charge is 0.356 e. The molecule has 1 saturated heterocycles. The summed E-state index contributed by atoms with van der Waals surface area (Å²) < 4.78 is 0. The quantitative estimate of drug-likeness (QED) is 0.437. The van der Waals surface area contributed by atoms with Crippen LogP contribution < -0.4 is 4.90 Å². The Labute approximate surface area is 179 Å². The molecule has 3 nitrogen and oxygen atoms in total. The van der Waals surface area contributed by atoms with Gasteiger partial charge < -0.3 is 4.90 Å². The van der Waals surface area contributed by atoms with Gasteiger partial charge in [-0.1, -0.05) is 31.5 Å². The number of hydrogen-bond acceptors (Lipinski definition) is 3. The molecule has 0 amide bonds. The van der Waals surface area contributed by atoms with E-state index in [2.05, 4.69) is 63.6 Å². The Kier molecular flexibility index (Phi) is 5.06. The predicted molar refractivity (Wildman–Crippen MR) is 124 cm³/mol. The molecule has 2 aromatic heterocycles. The topological polar surface area (TPSA) is 29.0 Å². The summed E-state index contributed by atoms with van der Waals surface area (Å²) in [4.78, 5) is 12.0. The van der Waals surface area contributed by atoms with Crippen LogP contribution in [0.3, 0.4) is 0 Å². The van der Waals surface area contributed by atoms with Crippen molar-refractivity contribution in [3.63, 3.8) is 0 Å². The van der Waals surface area contributed by atoms with Gasteiger partial charge in [0, 0.05) is 35.6 Å². The fourth-order valence-corrected chi connectivity index (χ4v) is 4.55. The molecule has 152 valence electrons. The molecule has 0 aliphatic carbocycles. The summed E-state index contributed by atoms with van der Waals surface area (Å²) >= 11 is 6.27. The lowest BCUT2D eigenvalue weighted by Gasteiger charge is -2.38. The number of halogens is 1. The van der Waals surface area contributed by atoms with Crippen molar-refractivity contribution >= 4 is 28.2 Å². The number of piperidine rings is 1. The van der Waals surface area contributed by atoms with Gasteiger partial charge in [-0.15, -0.1) is 0 Å². The third-order valence-electron chi connectivity index (χ3n) is 6.70. The Morgan fingerprint density at radius 3 is 2.17 bits per heavy atom. The first-order valence-corrected chi connectivity index (χ1v) is 10.8. The normalized spacial score (nSPS) is 16.4. The number of pyridine rings is 2. The molecular formula is C25H30ClN3. The van der Waals surface area contributed by atoms with E-state index in [0.29, 0.717) is 10.6 Å². The molecule has 3 aromatic rings. The van der Waals surface area contributed by atoms with E-state index in [-0.39, 0.29) is 0 Å². The summed E-state index contributed by atoms with van der Waals surface area (Å²) in [7, 11) is 0. The van der Waals surface area contributed by atoms with Crippen LogP contribution in [0.2, 0.25) is 5.15 Å². The second-order valence-electron chi connectivity index (χ2n) is 9.35. The number of aromatic nitrogens is 2. The smallest absolute Gasteiger partial charge is 0.137 e. The van der Waals surface area contributed by atoms with Gasteiger partial charge >= 0.3 is 0 Å². The zero-order valence-corrected chi connectivity index (χ0v) is 19.1. The summed E-state index contributed by atoms with van der Waals surface area (Å²) in [5, 5.41) is 2.70. The molecular weight excluding hydrogens is 378 g/mol. The molecule has 1 aliphatic heterocycles. The molecule has 0 unspecified atom stereocenters. The highest BCUT2D eigenvalue weighted by Gasteiger charge is 2.27. The van der Waals surface area contributed by atoms with Crippen LogP contribution in [0.25, 0.3) is 22.0 Å². The number of rotatable bonds is 2. The fourth-order valence-electron chi connectivity index (χ4n) is 4.40. The van der Waals surface area contributed by atoms with Crippen LogP contribution in [0.1, 0.15) is 48.9 Å². The van der Waals surface area contributed by atoms with Crippen LogP contribution >= 0.6 is 11.6 Å². The summed E-state index contributed by atoms with van der Waals surface area (Å²) in [5.74, 6) is 1.04. The molecule has 0 saturated carbocycles. The van der Waals surface area contributed by atoms with Crippen molar-refractivity contribution in [3.8, 4) is 11.3 Å². The number of anilines is 1. The number of hydrogen-bond donors (Lipinski definition) is 0. The van der Waals surface area contributed by atoms with Gasteiger partial charge in [0.05, 0.1) is 5.69 Å². The Hall–Kier alpha value is -2.13. The number of fused-ring (bicyclic) bond motifs is 1. The van der Waals surface area contributed by atoms with E-state index in [1.807, 2.05) is 12.3 Å². The van der Waals surface area contributed by atoms with Gasteiger partial charge in [-0.05, 0) is 80.3 Å². The highest BCUT2D eigenvalue weighted by atomic mass is 35.5. The fraction of sp³-hybridized carbons (Fsp3) is 0.440. The van der Waals surface area contributed by atoms with E-state index in [4.69, 9.17) is 16.6 Å². The lowest BCUT2D eigenvalue weighted by molar-refractivity contribution is 0.279. The first-order valence-electron chi connectivity index (χ1n) is 10.5. The first-order chi connectivity index (χ1) is 13.7. The summed E-state index contributed by atoms with van der Waals surface area (Å²) in [6.07, 6.45) is 4.22. The molecule has 0 N–H and O–H groups in total. The Balaban J connectivity index is 1.94. The van der Waals surface area contributed by atoms with Gasteiger partial charge in [-0.2, -0.15) is 0 Å². The Morgan fingerprint density at radius 2 is 1.55 bits per heavy atom. The van der Waals surface area contributed by atoms with Crippen LogP contribution in [0.15, 0.2) is 24.4 Å². The van der Waals surface area contributed by atoms with Crippen molar-refractivity contribution in [2.75, 3.05) is 18.0 Å². The molecule has 29 heavy (non-hydrogen) atoms. The molecule has 1 fully saturated rings. The molecule has 0 spiro atoms. The Bertz CT molecular complexity index is 1060. The Morgan fingerprint density at radius 1 is 0.931 bits per heavy atom. The van der Waals surface area contributed by atoms with Crippen molar-refractivity contribution in [1.29, 1.82) is 0 Å². The average molecular weight is 408 g/mol. The molecule has 1 aliphatic rings. The third kappa shape index (κ3) is 3.73. The van der Waals surface area contributed by atoms with Crippen molar-refractivity contribution in [3.05, 3.63) is 51.8 Å². The highest BCUT2D eigenvalue weighted by Crippen LogP contribution is 2.38. The molecule has 0 radical (unpaired) electrons. The van der Waals surface area contributed by atoms with E-state index >= 15 is 0 Å². The van der Waals surface area contributed by atoms with Crippen LogP contribution in [-0.2, 0) is 0 Å². The first kappa shape index (κ1) is 20.2. The number of benzene rings is 1. The van der Waals surface area contributed by atoms with Crippen molar-refractivity contribution < 1.29 is 0 Å². The maximum absolute atomic E-state index is 6.27. The summed E-state index contributed by atoms with van der Waals surface area (Å²) in [5.41, 5.74) is 7.88. The maximum atomic E-state index is 6.27. The van der Waals surface area contributed by atoms with Crippen LogP contribution in [-0.4, -0.2) is 23.1 Å². The molecule has 4 heteroatoms. The minimum atomic E-state index is 0.393. The average Bonchev–Trinajstić information content (AvgIpc) is 2.66. The van der Waals surface area contributed by atoms with E-state index in [9.17, 15) is 0 Å². The third-order valence-corrected chi connectivity index (χ3v) is 6.91. The summed E-state index contributed by atoms with van der Waals surface area (Å²) in [6, 6.07) is 6.40. The van der Waals surface area contributed by atoms with E-state index < -0.39 is 0 Å². The minimum Gasteiger partial charge on any atom is -0.356 e. The van der Waals surface area contributed by atoms with E-state index in [1.165, 1.54) is 40.7 Å². The SMILES string of the molecule is Cc1cc(C)c(C)c(-c2cc3cnc(Cl)cc3c(N3CCC(C)(C)CC3)n2)c1C. The molecule has 1 aromatic carbocycles. The van der Waals surface area contributed by atoms with Gasteiger partial charge in [0.15, 0.2) is 0 Å². The van der Waals surface area contributed by atoms with Crippen molar-refractivity contribution in [2.24, 2.45) is 5.41 Å². The van der Waals surface area contributed by atoms with Crippen LogP contribution in [0, 0.1) is 33.1 Å². The van der Waals surface area contributed by atoms with Gasteiger partial charge in [0.2, 0.25) is 0 Å². The number of aryl methyl sites for hydroxylation is 2. The van der Waals surface area contributed by atoms with Crippen LogP contribution in [0.4, 0.5) is 5.82 Å². The second kappa shape index (κ2) is 7.28. The standard InChI is InChI=1S/C25H30ClN3/c1-15-11-16(2)18(4)23(17(15)3)21-12-19-14-27-22(26)13-20(19)24(28-21)29-9-7-25(5,6)8-10-29/h11-14H,7-10H2,1-6H3. The van der Waals surface area contributed by atoms with Gasteiger partial charge in [0.25, 0.3) is 0 Å².